The first-order valence-electron chi connectivity index (χ1n) is 15.5. The lowest BCUT2D eigenvalue weighted by molar-refractivity contribution is -0.140. The lowest BCUT2D eigenvalue weighted by Gasteiger charge is -2.17. The standard InChI is InChI=1S/C36H40N6O8/c1-21-25(9-7-11-27(21)41-35(45)29-13-31(47-3)23(17-39-29)15-37-19-33(43)49-5)26-10-8-12-28(22(26)2)42-36(46)30-14-32(48-4)24(18-40-30)16-38-20-34(44)50-6/h7-14,17-18,37-38H,15-16,19-20H2,1-6H3,(H,41,45)(H,42,46). The molecule has 14 nitrogen and oxygen atoms in total. The largest absolute Gasteiger partial charge is 0.496 e. The van der Waals surface area contributed by atoms with Gasteiger partial charge >= 0.3 is 11.9 Å². The number of carbonyl (C=O) groups excluding carboxylic acids is 4. The van der Waals surface area contributed by atoms with E-state index in [4.69, 9.17) is 9.47 Å². The number of methoxy groups -OCH3 is 4. The van der Waals surface area contributed by atoms with Crippen molar-refractivity contribution in [2.24, 2.45) is 0 Å². The van der Waals surface area contributed by atoms with E-state index in [0.717, 1.165) is 22.3 Å². The number of amides is 2. The SMILES string of the molecule is COC(=O)CNCc1cnc(C(=O)Nc2cccc(-c3cccc(NC(=O)c4cc(OC)c(CNCC(=O)OC)cn4)c3C)c2C)cc1OC. The second kappa shape index (κ2) is 17.5. The highest BCUT2D eigenvalue weighted by molar-refractivity contribution is 6.05. The van der Waals surface area contributed by atoms with Gasteiger partial charge in [0, 0.05) is 60.1 Å². The van der Waals surface area contributed by atoms with Gasteiger partial charge in [0.15, 0.2) is 0 Å². The van der Waals surface area contributed by atoms with E-state index in [1.165, 1.54) is 40.8 Å². The Morgan fingerprint density at radius 2 is 1.02 bits per heavy atom. The molecule has 0 aliphatic rings. The molecule has 2 heterocycles. The monoisotopic (exact) mass is 684 g/mol. The molecule has 4 aromatic rings. The summed E-state index contributed by atoms with van der Waals surface area (Å²) in [5, 5.41) is 11.8. The summed E-state index contributed by atoms with van der Waals surface area (Å²) in [5.41, 5.74) is 6.16. The first-order chi connectivity index (χ1) is 24.1. The third-order valence-electron chi connectivity index (χ3n) is 7.87. The molecule has 0 saturated carbocycles. The zero-order valence-corrected chi connectivity index (χ0v) is 28.8. The number of ether oxygens (including phenoxy) is 4. The second-order valence-corrected chi connectivity index (χ2v) is 11.0. The van der Waals surface area contributed by atoms with Gasteiger partial charge in [-0.1, -0.05) is 24.3 Å². The highest BCUT2D eigenvalue weighted by atomic mass is 16.5. The van der Waals surface area contributed by atoms with Crippen LogP contribution < -0.4 is 30.7 Å². The average molecular weight is 685 g/mol. The van der Waals surface area contributed by atoms with Crippen molar-refractivity contribution in [3.05, 3.63) is 94.6 Å². The van der Waals surface area contributed by atoms with Crippen molar-refractivity contribution in [2.75, 3.05) is 52.2 Å². The zero-order valence-electron chi connectivity index (χ0n) is 28.8. The summed E-state index contributed by atoms with van der Waals surface area (Å²) in [6.07, 6.45) is 3.05. The Morgan fingerprint density at radius 3 is 1.38 bits per heavy atom. The number of benzene rings is 2. The molecule has 14 heteroatoms. The number of nitrogens with one attached hydrogen (secondary N) is 4. The van der Waals surface area contributed by atoms with E-state index < -0.39 is 23.8 Å². The third kappa shape index (κ3) is 9.18. The molecule has 50 heavy (non-hydrogen) atoms. The number of aromatic nitrogens is 2. The van der Waals surface area contributed by atoms with E-state index >= 15 is 0 Å². The fourth-order valence-electron chi connectivity index (χ4n) is 5.07. The number of hydrogen-bond acceptors (Lipinski definition) is 12. The topological polar surface area (TPSA) is 179 Å². The van der Waals surface area contributed by atoms with Crippen LogP contribution in [-0.2, 0) is 32.2 Å². The van der Waals surface area contributed by atoms with Crippen molar-refractivity contribution in [1.29, 1.82) is 0 Å². The summed E-state index contributed by atoms with van der Waals surface area (Å²) in [4.78, 5) is 58.0. The maximum Gasteiger partial charge on any atom is 0.319 e. The Hall–Kier alpha value is -5.86. The van der Waals surface area contributed by atoms with Crippen molar-refractivity contribution in [3.8, 4) is 22.6 Å². The Bertz CT molecular complexity index is 1740. The molecule has 0 saturated heterocycles. The summed E-state index contributed by atoms with van der Waals surface area (Å²) in [5.74, 6) is -0.769. The molecule has 4 rings (SSSR count). The van der Waals surface area contributed by atoms with Crippen LogP contribution in [0.25, 0.3) is 11.1 Å². The van der Waals surface area contributed by atoms with E-state index in [1.807, 2.05) is 38.1 Å². The first kappa shape index (κ1) is 37.0. The number of pyridine rings is 2. The molecule has 0 radical (unpaired) electrons. The predicted molar refractivity (Wildman–Crippen MR) is 186 cm³/mol. The molecule has 4 N–H and O–H groups in total. The van der Waals surface area contributed by atoms with Crippen molar-refractivity contribution in [2.45, 2.75) is 26.9 Å². The van der Waals surface area contributed by atoms with Crippen LogP contribution in [0.5, 0.6) is 11.5 Å². The summed E-state index contributed by atoms with van der Waals surface area (Å²) < 4.78 is 20.2. The van der Waals surface area contributed by atoms with Crippen molar-refractivity contribution in [3.63, 3.8) is 0 Å². The smallest absolute Gasteiger partial charge is 0.319 e. The van der Waals surface area contributed by atoms with Gasteiger partial charge in [0.2, 0.25) is 0 Å². The Labute approximate surface area is 289 Å². The highest BCUT2D eigenvalue weighted by Crippen LogP contribution is 2.34. The number of rotatable bonds is 15. The van der Waals surface area contributed by atoms with Crippen LogP contribution in [0.1, 0.15) is 43.2 Å². The van der Waals surface area contributed by atoms with Gasteiger partial charge in [0.1, 0.15) is 22.9 Å². The van der Waals surface area contributed by atoms with E-state index in [-0.39, 0.29) is 24.5 Å². The summed E-state index contributed by atoms with van der Waals surface area (Å²) in [6, 6.07) is 14.2. The third-order valence-corrected chi connectivity index (χ3v) is 7.87. The fraction of sp³-hybridized carbons (Fsp3) is 0.278. The maximum atomic E-state index is 13.3. The summed E-state index contributed by atoms with van der Waals surface area (Å²) in [7, 11) is 5.61. The molecule has 0 unspecified atom stereocenters. The van der Waals surface area contributed by atoms with Gasteiger partial charge in [0.25, 0.3) is 11.8 Å². The van der Waals surface area contributed by atoms with E-state index in [0.29, 0.717) is 47.1 Å². The van der Waals surface area contributed by atoms with Gasteiger partial charge in [-0.2, -0.15) is 0 Å². The normalized spacial score (nSPS) is 10.6. The molecule has 0 aliphatic heterocycles. The molecule has 2 amide bonds. The number of hydrogen-bond donors (Lipinski definition) is 4. The number of nitrogens with zero attached hydrogens (tertiary/aromatic N) is 2. The minimum Gasteiger partial charge on any atom is -0.496 e. The molecular weight excluding hydrogens is 644 g/mol. The van der Waals surface area contributed by atoms with E-state index in [9.17, 15) is 19.2 Å². The summed E-state index contributed by atoms with van der Waals surface area (Å²) >= 11 is 0. The van der Waals surface area contributed by atoms with E-state index in [2.05, 4.69) is 40.7 Å². The van der Waals surface area contributed by atoms with Crippen LogP contribution in [0.15, 0.2) is 60.9 Å². The van der Waals surface area contributed by atoms with Crippen molar-refractivity contribution < 1.29 is 38.1 Å². The minimum absolute atomic E-state index is 0.0203. The number of carbonyl (C=O) groups is 4. The predicted octanol–water partition coefficient (Wildman–Crippen LogP) is 3.81. The maximum absolute atomic E-state index is 13.3. The van der Waals surface area contributed by atoms with Gasteiger partial charge in [-0.3, -0.25) is 29.1 Å². The van der Waals surface area contributed by atoms with Crippen LogP contribution in [-0.4, -0.2) is 75.2 Å². The van der Waals surface area contributed by atoms with Gasteiger partial charge in [-0.15, -0.1) is 0 Å². The fourth-order valence-corrected chi connectivity index (χ4v) is 5.07. The molecule has 2 aromatic carbocycles. The second-order valence-electron chi connectivity index (χ2n) is 11.0. The Kier molecular flexibility index (Phi) is 12.9. The lowest BCUT2D eigenvalue weighted by Crippen LogP contribution is -2.24. The van der Waals surface area contributed by atoms with Gasteiger partial charge in [-0.05, 0) is 48.2 Å². The average Bonchev–Trinajstić information content (AvgIpc) is 3.13. The Morgan fingerprint density at radius 1 is 0.620 bits per heavy atom. The van der Waals surface area contributed by atoms with Crippen LogP contribution in [0, 0.1) is 13.8 Å². The van der Waals surface area contributed by atoms with Crippen LogP contribution in [0.3, 0.4) is 0 Å². The zero-order chi connectivity index (χ0) is 36.2. The number of anilines is 2. The molecule has 0 aliphatic carbocycles. The van der Waals surface area contributed by atoms with Crippen LogP contribution in [0.4, 0.5) is 11.4 Å². The quantitative estimate of drug-likeness (QED) is 0.133. The molecule has 0 spiro atoms. The molecule has 0 fully saturated rings. The van der Waals surface area contributed by atoms with Gasteiger partial charge in [0.05, 0.1) is 41.5 Å². The lowest BCUT2D eigenvalue weighted by atomic mass is 9.94. The number of esters is 2. The van der Waals surface area contributed by atoms with Gasteiger partial charge < -0.3 is 40.2 Å². The van der Waals surface area contributed by atoms with E-state index in [1.54, 1.807) is 24.3 Å². The summed E-state index contributed by atoms with van der Waals surface area (Å²) in [6.45, 7) is 4.43. The Balaban J connectivity index is 1.49. The molecule has 2 aromatic heterocycles. The minimum atomic E-state index is -0.427. The highest BCUT2D eigenvalue weighted by Gasteiger charge is 2.18. The van der Waals surface area contributed by atoms with Crippen LogP contribution >= 0.6 is 0 Å². The van der Waals surface area contributed by atoms with Crippen LogP contribution in [0.2, 0.25) is 0 Å². The first-order valence-corrected chi connectivity index (χ1v) is 15.5. The molecule has 0 atom stereocenters. The molecule has 262 valence electrons. The van der Waals surface area contributed by atoms with Crippen molar-refractivity contribution in [1.82, 2.24) is 20.6 Å². The van der Waals surface area contributed by atoms with Gasteiger partial charge in [-0.25, -0.2) is 0 Å². The molecule has 0 bridgehead atoms. The molecular formula is C36H40N6O8. The van der Waals surface area contributed by atoms with Crippen molar-refractivity contribution >= 4 is 35.1 Å².